The number of hydrogen-bond donors (Lipinski definition) is 2. The minimum absolute atomic E-state index is 0. The van der Waals surface area contributed by atoms with E-state index in [1.54, 1.807) is 4.90 Å². The average Bonchev–Trinajstić information content (AvgIpc) is 3.15. The normalized spacial score (nSPS) is 27.2. The van der Waals surface area contributed by atoms with Crippen LogP contribution in [-0.4, -0.2) is 68.5 Å². The molecule has 1 aromatic heterocycles. The SMILES string of the molecule is CN=C(NCC1CCCN(C)C1c1cccs1)NC1CCC(=O)N(C)C1.I. The summed E-state index contributed by atoms with van der Waals surface area (Å²) in [4.78, 5) is 21.8. The van der Waals surface area contributed by atoms with Gasteiger partial charge in [-0.25, -0.2) is 0 Å². The largest absolute Gasteiger partial charge is 0.356 e. The zero-order chi connectivity index (χ0) is 18.5. The molecule has 8 heteroatoms. The molecule has 3 heterocycles. The van der Waals surface area contributed by atoms with Gasteiger partial charge in [-0.05, 0) is 50.2 Å². The molecule has 0 saturated carbocycles. The maximum atomic E-state index is 11.7. The highest BCUT2D eigenvalue weighted by Gasteiger charge is 2.31. The number of amides is 1. The van der Waals surface area contributed by atoms with Crippen LogP contribution in [0.25, 0.3) is 0 Å². The predicted molar refractivity (Wildman–Crippen MR) is 123 cm³/mol. The molecule has 3 atom stereocenters. The first-order valence-electron chi connectivity index (χ1n) is 9.53. The van der Waals surface area contributed by atoms with Crippen molar-refractivity contribution in [3.05, 3.63) is 22.4 Å². The van der Waals surface area contributed by atoms with Gasteiger partial charge in [-0.3, -0.25) is 14.7 Å². The van der Waals surface area contributed by atoms with Gasteiger partial charge in [0, 0.05) is 50.6 Å². The molecule has 0 radical (unpaired) electrons. The molecule has 0 bridgehead atoms. The standard InChI is InChI=1S/C19H31N5OS.HI/c1-20-19(22-15-8-9-17(25)24(3)13-15)21-12-14-6-4-10-23(2)18(14)16-7-5-11-26-16;/h5,7,11,14-15,18H,4,6,8-10,12-13H2,1-3H3,(H2,20,21,22);1H. The third-order valence-corrected chi connectivity index (χ3v) is 6.51. The van der Waals surface area contributed by atoms with Crippen molar-refractivity contribution in [3.8, 4) is 0 Å². The zero-order valence-electron chi connectivity index (χ0n) is 16.5. The average molecular weight is 505 g/mol. The van der Waals surface area contributed by atoms with Crippen LogP contribution in [-0.2, 0) is 4.79 Å². The Bertz CT molecular complexity index is 624. The molecule has 2 aliphatic heterocycles. The molecule has 0 aromatic carbocycles. The summed E-state index contributed by atoms with van der Waals surface area (Å²) < 4.78 is 0. The molecule has 152 valence electrons. The lowest BCUT2D eigenvalue weighted by Crippen LogP contribution is -2.52. The van der Waals surface area contributed by atoms with E-state index in [2.05, 4.69) is 45.1 Å². The second-order valence-corrected chi connectivity index (χ2v) is 8.43. The Labute approximate surface area is 183 Å². The van der Waals surface area contributed by atoms with Crippen LogP contribution >= 0.6 is 35.3 Å². The molecule has 2 N–H and O–H groups in total. The number of guanidine groups is 1. The highest BCUT2D eigenvalue weighted by atomic mass is 127. The Morgan fingerprint density at radius 3 is 2.85 bits per heavy atom. The lowest BCUT2D eigenvalue weighted by Gasteiger charge is -2.39. The van der Waals surface area contributed by atoms with E-state index in [9.17, 15) is 4.79 Å². The second kappa shape index (κ2) is 10.6. The first kappa shape index (κ1) is 22.4. The van der Waals surface area contributed by atoms with Gasteiger partial charge < -0.3 is 15.5 Å². The summed E-state index contributed by atoms with van der Waals surface area (Å²) in [5, 5.41) is 9.20. The van der Waals surface area contributed by atoms with Crippen LogP contribution in [0.15, 0.2) is 22.5 Å². The monoisotopic (exact) mass is 505 g/mol. The molecule has 6 nitrogen and oxygen atoms in total. The van der Waals surface area contributed by atoms with Crippen molar-refractivity contribution >= 4 is 47.2 Å². The number of carbonyl (C=O) groups is 1. The molecule has 2 aliphatic rings. The van der Waals surface area contributed by atoms with Crippen LogP contribution in [0.1, 0.15) is 36.6 Å². The minimum Gasteiger partial charge on any atom is -0.356 e. The number of rotatable bonds is 4. The van der Waals surface area contributed by atoms with Crippen LogP contribution in [0.3, 0.4) is 0 Å². The van der Waals surface area contributed by atoms with E-state index in [0.717, 1.165) is 32.0 Å². The zero-order valence-corrected chi connectivity index (χ0v) is 19.6. The summed E-state index contributed by atoms with van der Waals surface area (Å²) in [6, 6.07) is 5.15. The number of carbonyl (C=O) groups excluding carboxylic acids is 1. The molecule has 27 heavy (non-hydrogen) atoms. The molecule has 0 aliphatic carbocycles. The number of likely N-dealkylation sites (N-methyl/N-ethyl adjacent to an activating group) is 1. The highest BCUT2D eigenvalue weighted by molar-refractivity contribution is 14.0. The van der Waals surface area contributed by atoms with E-state index in [4.69, 9.17) is 0 Å². The van der Waals surface area contributed by atoms with Crippen molar-refractivity contribution in [2.75, 3.05) is 40.8 Å². The Hall–Kier alpha value is -0.870. The predicted octanol–water partition coefficient (Wildman–Crippen LogP) is 2.53. The molecule has 3 rings (SSSR count). The summed E-state index contributed by atoms with van der Waals surface area (Å²) >= 11 is 1.85. The number of hydrogen-bond acceptors (Lipinski definition) is 4. The summed E-state index contributed by atoms with van der Waals surface area (Å²) in [6.07, 6.45) is 3.96. The van der Waals surface area contributed by atoms with Crippen LogP contribution in [0.4, 0.5) is 0 Å². The molecule has 1 amide bonds. The van der Waals surface area contributed by atoms with Crippen molar-refractivity contribution in [2.24, 2.45) is 10.9 Å². The summed E-state index contributed by atoms with van der Waals surface area (Å²) in [7, 11) is 5.92. The van der Waals surface area contributed by atoms with E-state index in [1.807, 2.05) is 25.4 Å². The third-order valence-electron chi connectivity index (χ3n) is 5.56. The van der Waals surface area contributed by atoms with Crippen molar-refractivity contribution in [1.29, 1.82) is 0 Å². The van der Waals surface area contributed by atoms with Gasteiger partial charge in [-0.1, -0.05) is 6.07 Å². The van der Waals surface area contributed by atoms with Gasteiger partial charge >= 0.3 is 0 Å². The van der Waals surface area contributed by atoms with Crippen molar-refractivity contribution in [3.63, 3.8) is 0 Å². The number of halogens is 1. The van der Waals surface area contributed by atoms with Gasteiger partial charge in [-0.2, -0.15) is 0 Å². The van der Waals surface area contributed by atoms with Gasteiger partial charge in [0.1, 0.15) is 0 Å². The lowest BCUT2D eigenvalue weighted by molar-refractivity contribution is -0.132. The van der Waals surface area contributed by atoms with Crippen molar-refractivity contribution in [1.82, 2.24) is 20.4 Å². The number of aliphatic imine (C=N–C) groups is 1. The van der Waals surface area contributed by atoms with Crippen LogP contribution in [0, 0.1) is 5.92 Å². The molecule has 0 spiro atoms. The Kier molecular flexibility index (Phi) is 8.81. The molecule has 3 unspecified atom stereocenters. The second-order valence-electron chi connectivity index (χ2n) is 7.45. The number of likely N-dealkylation sites (tertiary alicyclic amines) is 2. The molecule has 1 aromatic rings. The van der Waals surface area contributed by atoms with Crippen LogP contribution < -0.4 is 10.6 Å². The van der Waals surface area contributed by atoms with E-state index < -0.39 is 0 Å². The van der Waals surface area contributed by atoms with Gasteiger partial charge in [0.05, 0.1) is 0 Å². The quantitative estimate of drug-likeness (QED) is 0.375. The van der Waals surface area contributed by atoms with E-state index >= 15 is 0 Å². The van der Waals surface area contributed by atoms with E-state index in [0.29, 0.717) is 18.4 Å². The van der Waals surface area contributed by atoms with Crippen LogP contribution in [0.2, 0.25) is 0 Å². The first-order valence-corrected chi connectivity index (χ1v) is 10.4. The number of thiophene rings is 1. The fourth-order valence-corrected chi connectivity index (χ4v) is 5.11. The number of piperidine rings is 2. The van der Waals surface area contributed by atoms with Gasteiger partial charge in [-0.15, -0.1) is 35.3 Å². The summed E-state index contributed by atoms with van der Waals surface area (Å²) in [6.45, 7) is 2.81. The number of nitrogens with zero attached hydrogens (tertiary/aromatic N) is 3. The third kappa shape index (κ3) is 5.80. The van der Waals surface area contributed by atoms with Crippen LogP contribution in [0.5, 0.6) is 0 Å². The lowest BCUT2D eigenvalue weighted by atomic mass is 9.88. The Morgan fingerprint density at radius 2 is 2.19 bits per heavy atom. The highest BCUT2D eigenvalue weighted by Crippen LogP contribution is 2.36. The van der Waals surface area contributed by atoms with Gasteiger partial charge in [0.2, 0.25) is 5.91 Å². The summed E-state index contributed by atoms with van der Waals surface area (Å²) in [5.41, 5.74) is 0. The fraction of sp³-hybridized carbons (Fsp3) is 0.684. The van der Waals surface area contributed by atoms with Gasteiger partial charge in [0.15, 0.2) is 5.96 Å². The Morgan fingerprint density at radius 1 is 1.37 bits per heavy atom. The Balaban J connectivity index is 0.00000261. The minimum atomic E-state index is 0. The first-order chi connectivity index (χ1) is 12.6. The van der Waals surface area contributed by atoms with E-state index in [-0.39, 0.29) is 35.9 Å². The van der Waals surface area contributed by atoms with Crippen molar-refractivity contribution < 1.29 is 4.79 Å². The summed E-state index contributed by atoms with van der Waals surface area (Å²) in [5.74, 6) is 1.65. The maximum absolute atomic E-state index is 11.7. The maximum Gasteiger partial charge on any atom is 0.222 e. The molecular formula is C19H32IN5OS. The van der Waals surface area contributed by atoms with E-state index in [1.165, 1.54) is 17.7 Å². The molecule has 2 fully saturated rings. The number of nitrogens with one attached hydrogen (secondary N) is 2. The topological polar surface area (TPSA) is 60.0 Å². The smallest absolute Gasteiger partial charge is 0.222 e. The fourth-order valence-electron chi connectivity index (χ4n) is 4.13. The van der Waals surface area contributed by atoms with Gasteiger partial charge in [0.25, 0.3) is 0 Å². The molecular weight excluding hydrogens is 473 g/mol. The van der Waals surface area contributed by atoms with Crippen molar-refractivity contribution in [2.45, 2.75) is 37.8 Å². The molecule has 2 saturated heterocycles.